The second-order valence-electron chi connectivity index (χ2n) is 10.8. The van der Waals surface area contributed by atoms with Crippen LogP contribution >= 0.6 is 0 Å². The van der Waals surface area contributed by atoms with Crippen molar-refractivity contribution in [2.24, 2.45) is 11.8 Å². The highest BCUT2D eigenvalue weighted by Gasteiger charge is 2.48. The molecule has 1 aromatic heterocycles. The number of rotatable bonds is 5. The molecule has 3 heterocycles. The van der Waals surface area contributed by atoms with Gasteiger partial charge in [-0.05, 0) is 64.8 Å². The summed E-state index contributed by atoms with van der Waals surface area (Å²) in [6.45, 7) is 11.3. The molecule has 0 radical (unpaired) electrons. The first-order valence-electron chi connectivity index (χ1n) is 12.8. The highest BCUT2D eigenvalue weighted by atomic mass is 19.1. The molecule has 5 rings (SSSR count). The molecule has 1 saturated carbocycles. The van der Waals surface area contributed by atoms with E-state index in [0.29, 0.717) is 23.9 Å². The Hall–Kier alpha value is -2.61. The Kier molecular flexibility index (Phi) is 5.13. The molecule has 0 amide bonds. The summed E-state index contributed by atoms with van der Waals surface area (Å²) < 4.78 is 32.5. The number of fused-ring (bicyclic) bond motifs is 2. The third kappa shape index (κ3) is 3.49. The number of halogens is 1. The lowest BCUT2D eigenvalue weighted by Gasteiger charge is -2.45. The average Bonchev–Trinajstić information content (AvgIpc) is 3.58. The summed E-state index contributed by atoms with van der Waals surface area (Å²) >= 11 is 0. The molecule has 1 aliphatic carbocycles. The van der Waals surface area contributed by atoms with E-state index >= 15 is 4.39 Å². The predicted octanol–water partition coefficient (Wildman–Crippen LogP) is 4.17. The van der Waals surface area contributed by atoms with Crippen molar-refractivity contribution in [1.29, 1.82) is 0 Å². The summed E-state index contributed by atoms with van der Waals surface area (Å²) in [6.07, 6.45) is 3.99. The number of aromatic nitrogens is 1. The molecule has 7 nitrogen and oxygen atoms in total. The number of carbonyl (C=O) groups is 1. The molecule has 2 N–H and O–H groups in total. The van der Waals surface area contributed by atoms with Gasteiger partial charge >= 0.3 is 5.97 Å². The molecule has 3 fully saturated rings. The fourth-order valence-electron chi connectivity index (χ4n) is 5.89. The number of anilines is 1. The van der Waals surface area contributed by atoms with E-state index in [9.17, 15) is 14.7 Å². The van der Waals surface area contributed by atoms with Crippen LogP contribution in [-0.4, -0.2) is 46.4 Å². The van der Waals surface area contributed by atoms with Crippen molar-refractivity contribution >= 4 is 22.6 Å². The smallest absolute Gasteiger partial charge is 0.341 e. The first-order valence-corrected chi connectivity index (χ1v) is 12.3. The van der Waals surface area contributed by atoms with Gasteiger partial charge in [-0.1, -0.05) is 6.92 Å². The molecule has 34 heavy (non-hydrogen) atoms. The van der Waals surface area contributed by atoms with Gasteiger partial charge in [-0.2, -0.15) is 0 Å². The quantitative estimate of drug-likeness (QED) is 0.680. The molecule has 2 aromatic rings. The SMILES string of the molecule is [2H]c1c(F)c(N2C[C@@H]3CC(C)C(C)(C)N[C@@H]3[C@H]2C)c(OCC)c2c1c(=O)c(C(=O)O)cn2C1CC1. The predicted molar refractivity (Wildman–Crippen MR) is 130 cm³/mol. The first-order chi connectivity index (χ1) is 16.5. The third-order valence-corrected chi connectivity index (χ3v) is 8.23. The number of hydrogen-bond acceptors (Lipinski definition) is 5. The van der Waals surface area contributed by atoms with Gasteiger partial charge in [0.15, 0.2) is 11.6 Å². The molecular formula is C26H34FN3O4. The van der Waals surface area contributed by atoms with Gasteiger partial charge in [0.2, 0.25) is 5.43 Å². The standard InChI is InChI=1S/C26H34FN3O4/c1-6-34-24-21-17(23(31)18(25(32)33)12-30(21)16-7-8-16)10-19(27)22(24)29-11-15-9-13(2)26(4,5)28-20(15)14(29)3/h10,12-16,20,28H,6-9,11H2,1-5H3,(H,32,33)/t13?,14-,15+,20-/m1/s1/i10D. The van der Waals surface area contributed by atoms with Crippen molar-refractivity contribution in [2.75, 3.05) is 18.1 Å². The summed E-state index contributed by atoms with van der Waals surface area (Å²) in [4.78, 5) is 26.9. The Balaban J connectivity index is 1.76. The Bertz CT molecular complexity index is 1270. The number of nitrogens with zero attached hydrogens (tertiary/aromatic N) is 2. The second-order valence-corrected chi connectivity index (χ2v) is 10.8. The van der Waals surface area contributed by atoms with Crippen LogP contribution in [0.25, 0.3) is 10.9 Å². The van der Waals surface area contributed by atoms with E-state index < -0.39 is 28.8 Å². The Morgan fingerprint density at radius 3 is 2.71 bits per heavy atom. The monoisotopic (exact) mass is 472 g/mol. The van der Waals surface area contributed by atoms with Crippen molar-refractivity contribution in [1.82, 2.24) is 9.88 Å². The lowest BCUT2D eigenvalue weighted by molar-refractivity contribution is 0.0694. The fourth-order valence-corrected chi connectivity index (χ4v) is 5.89. The number of ether oxygens (including phenoxy) is 1. The van der Waals surface area contributed by atoms with Gasteiger partial charge in [0.25, 0.3) is 0 Å². The minimum Gasteiger partial charge on any atom is -0.489 e. The van der Waals surface area contributed by atoms with Crippen LogP contribution in [0.4, 0.5) is 10.1 Å². The van der Waals surface area contributed by atoms with Crippen LogP contribution in [0.5, 0.6) is 5.75 Å². The highest BCUT2D eigenvalue weighted by molar-refractivity contribution is 5.97. The molecule has 184 valence electrons. The van der Waals surface area contributed by atoms with E-state index in [1.165, 1.54) is 6.20 Å². The normalized spacial score (nSPS) is 28.6. The Labute approximate surface area is 200 Å². The van der Waals surface area contributed by atoms with E-state index in [-0.39, 0.29) is 47.1 Å². The number of pyridine rings is 1. The Morgan fingerprint density at radius 2 is 2.09 bits per heavy atom. The van der Waals surface area contributed by atoms with Gasteiger partial charge < -0.3 is 24.6 Å². The van der Waals surface area contributed by atoms with Gasteiger partial charge in [0.05, 0.1) is 18.9 Å². The van der Waals surface area contributed by atoms with E-state index in [0.717, 1.165) is 19.3 Å². The van der Waals surface area contributed by atoms with Gasteiger partial charge in [-0.3, -0.25) is 4.79 Å². The fraction of sp³-hybridized carbons (Fsp3) is 0.615. The third-order valence-electron chi connectivity index (χ3n) is 8.23. The number of piperidine rings is 1. The van der Waals surface area contributed by atoms with Crippen molar-refractivity contribution in [2.45, 2.75) is 77.5 Å². The molecule has 8 heteroatoms. The topological polar surface area (TPSA) is 83.8 Å². The van der Waals surface area contributed by atoms with Gasteiger partial charge in [-0.25, -0.2) is 9.18 Å². The molecule has 0 bridgehead atoms. The largest absolute Gasteiger partial charge is 0.489 e. The van der Waals surface area contributed by atoms with Gasteiger partial charge in [0.1, 0.15) is 11.3 Å². The number of carboxylic acid groups (broad SMARTS) is 1. The lowest BCUT2D eigenvalue weighted by Crippen LogP contribution is -2.59. The summed E-state index contributed by atoms with van der Waals surface area (Å²) in [6, 6.07) is -0.476. The van der Waals surface area contributed by atoms with E-state index in [4.69, 9.17) is 6.11 Å². The number of nitrogens with one attached hydrogen (secondary N) is 1. The van der Waals surface area contributed by atoms with Crippen LogP contribution < -0.4 is 20.4 Å². The molecule has 4 atom stereocenters. The number of benzene rings is 1. The van der Waals surface area contributed by atoms with Crippen molar-refractivity contribution < 1.29 is 20.4 Å². The summed E-state index contributed by atoms with van der Waals surface area (Å²) in [7, 11) is 0. The number of hydrogen-bond donors (Lipinski definition) is 2. The van der Waals surface area contributed by atoms with Crippen LogP contribution in [0.2, 0.25) is 0 Å². The minimum absolute atomic E-state index is 0.00462. The van der Waals surface area contributed by atoms with Crippen molar-refractivity contribution in [3.8, 4) is 5.75 Å². The zero-order chi connectivity index (χ0) is 25.4. The maximum Gasteiger partial charge on any atom is 0.341 e. The molecule has 1 unspecified atom stereocenters. The molecule has 2 saturated heterocycles. The average molecular weight is 473 g/mol. The van der Waals surface area contributed by atoms with Crippen LogP contribution in [0.1, 0.15) is 71.7 Å². The highest BCUT2D eigenvalue weighted by Crippen LogP contribution is 2.47. The van der Waals surface area contributed by atoms with Crippen molar-refractivity contribution in [3.63, 3.8) is 0 Å². The summed E-state index contributed by atoms with van der Waals surface area (Å²) in [5.74, 6) is -1.22. The molecule has 2 aliphatic heterocycles. The summed E-state index contributed by atoms with van der Waals surface area (Å²) in [5.41, 5.74) is -0.810. The van der Waals surface area contributed by atoms with E-state index in [1.54, 1.807) is 11.5 Å². The van der Waals surface area contributed by atoms with E-state index in [1.807, 2.05) is 4.90 Å². The maximum atomic E-state index is 16.1. The lowest BCUT2D eigenvalue weighted by atomic mass is 9.74. The maximum absolute atomic E-state index is 16.1. The van der Waals surface area contributed by atoms with Crippen LogP contribution in [0, 0.1) is 17.7 Å². The molecule has 1 aromatic carbocycles. The molecule has 3 aliphatic rings. The van der Waals surface area contributed by atoms with E-state index in [2.05, 4.69) is 33.0 Å². The second kappa shape index (κ2) is 7.97. The van der Waals surface area contributed by atoms with Crippen LogP contribution in [0.3, 0.4) is 0 Å². The zero-order valence-corrected chi connectivity index (χ0v) is 20.4. The van der Waals surface area contributed by atoms with Crippen LogP contribution in [-0.2, 0) is 0 Å². The number of aromatic carboxylic acids is 1. The van der Waals surface area contributed by atoms with Gasteiger partial charge in [-0.15, -0.1) is 0 Å². The molecule has 0 spiro atoms. The first kappa shape index (κ1) is 21.9. The zero-order valence-electron chi connectivity index (χ0n) is 21.4. The summed E-state index contributed by atoms with van der Waals surface area (Å²) in [5, 5.41) is 13.2. The van der Waals surface area contributed by atoms with Gasteiger partial charge in [0, 0.05) is 36.4 Å². The Morgan fingerprint density at radius 1 is 1.38 bits per heavy atom. The molecular weight excluding hydrogens is 437 g/mol. The van der Waals surface area contributed by atoms with Crippen molar-refractivity contribution in [3.05, 3.63) is 33.8 Å². The van der Waals surface area contributed by atoms with Crippen LogP contribution in [0.15, 0.2) is 17.0 Å². The number of carboxylic acids is 1. The minimum atomic E-state index is -1.38.